The molecule has 140 valence electrons. The maximum atomic E-state index is 12.7. The van der Waals surface area contributed by atoms with E-state index in [1.807, 2.05) is 6.26 Å². The molecule has 0 spiro atoms. The molecule has 1 unspecified atom stereocenters. The Labute approximate surface area is 153 Å². The number of amides is 2. The van der Waals surface area contributed by atoms with E-state index in [2.05, 4.69) is 10.6 Å². The minimum absolute atomic E-state index is 0.0254. The zero-order chi connectivity index (χ0) is 19.0. The lowest BCUT2D eigenvalue weighted by Crippen LogP contribution is -2.44. The van der Waals surface area contributed by atoms with Gasteiger partial charge in [-0.25, -0.2) is 8.42 Å². The molecule has 25 heavy (non-hydrogen) atoms. The monoisotopic (exact) mass is 387 g/mol. The summed E-state index contributed by atoms with van der Waals surface area (Å²) in [7, 11) is -1.11. The van der Waals surface area contributed by atoms with Crippen LogP contribution in [0.25, 0.3) is 0 Å². The highest BCUT2D eigenvalue weighted by Crippen LogP contribution is 2.18. The third-order valence-corrected chi connectivity index (χ3v) is 6.38. The number of hydrogen-bond acceptors (Lipinski definition) is 5. The van der Waals surface area contributed by atoms with Crippen LogP contribution in [0, 0.1) is 0 Å². The van der Waals surface area contributed by atoms with Crippen molar-refractivity contribution in [2.24, 2.45) is 0 Å². The summed E-state index contributed by atoms with van der Waals surface area (Å²) in [6, 6.07) is 4.95. The number of carbonyl (C=O) groups excluding carboxylic acids is 2. The smallest absolute Gasteiger partial charge is 0.251 e. The Morgan fingerprint density at radius 1 is 1.32 bits per heavy atom. The fourth-order valence-electron chi connectivity index (χ4n) is 2.07. The Bertz CT molecular complexity index is 707. The number of sulfonamides is 1. The van der Waals surface area contributed by atoms with Gasteiger partial charge in [0.25, 0.3) is 5.91 Å². The van der Waals surface area contributed by atoms with Gasteiger partial charge in [-0.1, -0.05) is 6.07 Å². The standard InChI is InChI=1S/C16H25N3O4S2/c1-12(15(20)17-2)19(3)25(22,23)14-8-5-7-13(11-14)16(21)18-9-6-10-24-4/h5,7-8,11-12H,6,9-10H2,1-4H3,(H,17,20)(H,18,21). The van der Waals surface area contributed by atoms with Crippen LogP contribution in [0.2, 0.25) is 0 Å². The third kappa shape index (κ3) is 5.72. The van der Waals surface area contributed by atoms with E-state index in [0.29, 0.717) is 6.54 Å². The van der Waals surface area contributed by atoms with Crippen molar-refractivity contribution in [2.45, 2.75) is 24.3 Å². The molecule has 0 aromatic heterocycles. The van der Waals surface area contributed by atoms with Crippen molar-refractivity contribution in [2.75, 3.05) is 32.6 Å². The van der Waals surface area contributed by atoms with Crippen LogP contribution in [-0.4, -0.2) is 63.2 Å². The number of hydrogen-bond donors (Lipinski definition) is 2. The summed E-state index contributed by atoms with van der Waals surface area (Å²) in [6.45, 7) is 2.03. The van der Waals surface area contributed by atoms with Crippen LogP contribution in [0.15, 0.2) is 29.2 Å². The van der Waals surface area contributed by atoms with E-state index in [4.69, 9.17) is 0 Å². The number of nitrogens with one attached hydrogen (secondary N) is 2. The number of benzene rings is 1. The Morgan fingerprint density at radius 3 is 2.60 bits per heavy atom. The lowest BCUT2D eigenvalue weighted by atomic mass is 10.2. The Morgan fingerprint density at radius 2 is 2.00 bits per heavy atom. The van der Waals surface area contributed by atoms with Crippen LogP contribution < -0.4 is 10.6 Å². The molecular formula is C16H25N3O4S2. The van der Waals surface area contributed by atoms with Crippen LogP contribution >= 0.6 is 11.8 Å². The second-order valence-electron chi connectivity index (χ2n) is 5.44. The van der Waals surface area contributed by atoms with Gasteiger partial charge < -0.3 is 10.6 Å². The number of nitrogens with zero attached hydrogens (tertiary/aromatic N) is 1. The molecule has 0 fully saturated rings. The van der Waals surface area contributed by atoms with Gasteiger partial charge in [-0.15, -0.1) is 0 Å². The molecule has 0 heterocycles. The van der Waals surface area contributed by atoms with Crippen molar-refractivity contribution in [3.05, 3.63) is 29.8 Å². The molecule has 9 heteroatoms. The lowest BCUT2D eigenvalue weighted by molar-refractivity contribution is -0.123. The molecule has 7 nitrogen and oxygen atoms in total. The van der Waals surface area contributed by atoms with Crippen molar-refractivity contribution in [1.29, 1.82) is 0 Å². The van der Waals surface area contributed by atoms with E-state index in [1.54, 1.807) is 17.8 Å². The second-order valence-corrected chi connectivity index (χ2v) is 8.42. The topological polar surface area (TPSA) is 95.6 Å². The largest absolute Gasteiger partial charge is 0.358 e. The van der Waals surface area contributed by atoms with Crippen molar-refractivity contribution < 1.29 is 18.0 Å². The summed E-state index contributed by atoms with van der Waals surface area (Å²) >= 11 is 1.70. The molecule has 0 aliphatic heterocycles. The zero-order valence-electron chi connectivity index (χ0n) is 14.9. The summed E-state index contributed by atoms with van der Waals surface area (Å²) in [5.74, 6) is 0.213. The molecule has 0 radical (unpaired) electrons. The van der Waals surface area contributed by atoms with Crippen LogP contribution in [0.5, 0.6) is 0 Å². The minimum atomic E-state index is -3.89. The molecule has 0 aliphatic rings. The Balaban J connectivity index is 2.95. The first kappa shape index (κ1) is 21.5. The van der Waals surface area contributed by atoms with Gasteiger partial charge in [0.1, 0.15) is 6.04 Å². The van der Waals surface area contributed by atoms with E-state index < -0.39 is 22.0 Å². The van der Waals surface area contributed by atoms with E-state index >= 15 is 0 Å². The quantitative estimate of drug-likeness (QED) is 0.615. The molecule has 1 aromatic rings. The Hall–Kier alpha value is -1.58. The molecule has 0 bridgehead atoms. The van der Waals surface area contributed by atoms with E-state index in [0.717, 1.165) is 16.5 Å². The van der Waals surface area contributed by atoms with Crippen LogP contribution in [-0.2, 0) is 14.8 Å². The van der Waals surface area contributed by atoms with Crippen LogP contribution in [0.4, 0.5) is 0 Å². The molecular weight excluding hydrogens is 362 g/mol. The normalized spacial score (nSPS) is 12.7. The zero-order valence-corrected chi connectivity index (χ0v) is 16.5. The van der Waals surface area contributed by atoms with Gasteiger partial charge in [0.15, 0.2) is 0 Å². The van der Waals surface area contributed by atoms with Gasteiger partial charge in [-0.05, 0) is 43.6 Å². The van der Waals surface area contributed by atoms with Gasteiger partial charge in [0, 0.05) is 26.2 Å². The predicted molar refractivity (Wildman–Crippen MR) is 100 cm³/mol. The number of carbonyl (C=O) groups is 2. The maximum absolute atomic E-state index is 12.7. The first-order valence-corrected chi connectivity index (χ1v) is 10.7. The molecule has 1 atom stereocenters. The summed E-state index contributed by atoms with van der Waals surface area (Å²) in [4.78, 5) is 23.8. The molecule has 1 rings (SSSR count). The van der Waals surface area contributed by atoms with Gasteiger partial charge in [-0.3, -0.25) is 9.59 Å². The van der Waals surface area contributed by atoms with Crippen molar-refractivity contribution in [3.8, 4) is 0 Å². The number of rotatable bonds is 9. The Kier molecular flexibility index (Phi) is 8.40. The number of thioether (sulfide) groups is 1. The van der Waals surface area contributed by atoms with E-state index in [1.165, 1.54) is 39.2 Å². The van der Waals surface area contributed by atoms with Gasteiger partial charge in [0.05, 0.1) is 4.90 Å². The molecule has 2 amide bonds. The first-order chi connectivity index (χ1) is 11.8. The molecule has 2 N–H and O–H groups in total. The van der Waals surface area contributed by atoms with Crippen LogP contribution in [0.1, 0.15) is 23.7 Å². The summed E-state index contributed by atoms with van der Waals surface area (Å²) in [5.41, 5.74) is 0.270. The molecule has 1 aromatic carbocycles. The predicted octanol–water partition coefficient (Wildman–Crippen LogP) is 0.924. The fraction of sp³-hybridized carbons (Fsp3) is 0.500. The minimum Gasteiger partial charge on any atom is -0.358 e. The maximum Gasteiger partial charge on any atom is 0.251 e. The van der Waals surface area contributed by atoms with E-state index in [9.17, 15) is 18.0 Å². The summed E-state index contributed by atoms with van der Waals surface area (Å²) in [5, 5.41) is 5.19. The summed E-state index contributed by atoms with van der Waals surface area (Å²) in [6.07, 6.45) is 2.84. The van der Waals surface area contributed by atoms with Gasteiger partial charge in [-0.2, -0.15) is 16.1 Å². The molecule has 0 aliphatic carbocycles. The highest BCUT2D eigenvalue weighted by atomic mass is 32.2. The average Bonchev–Trinajstić information content (AvgIpc) is 2.63. The lowest BCUT2D eigenvalue weighted by Gasteiger charge is -2.23. The highest BCUT2D eigenvalue weighted by Gasteiger charge is 2.29. The molecule has 0 saturated carbocycles. The van der Waals surface area contributed by atoms with Crippen molar-refractivity contribution in [3.63, 3.8) is 0 Å². The van der Waals surface area contributed by atoms with Gasteiger partial charge >= 0.3 is 0 Å². The number of likely N-dealkylation sites (N-methyl/N-ethyl adjacent to an activating group) is 2. The molecule has 0 saturated heterocycles. The van der Waals surface area contributed by atoms with Crippen molar-refractivity contribution >= 4 is 33.6 Å². The van der Waals surface area contributed by atoms with Gasteiger partial charge in [0.2, 0.25) is 15.9 Å². The van der Waals surface area contributed by atoms with Crippen LogP contribution in [0.3, 0.4) is 0 Å². The summed E-state index contributed by atoms with van der Waals surface area (Å²) < 4.78 is 26.3. The SMILES string of the molecule is CNC(=O)C(C)N(C)S(=O)(=O)c1cccc(C(=O)NCCCSC)c1. The first-order valence-electron chi connectivity index (χ1n) is 7.82. The third-order valence-electron chi connectivity index (χ3n) is 3.76. The van der Waals surface area contributed by atoms with E-state index in [-0.39, 0.29) is 16.4 Å². The van der Waals surface area contributed by atoms with Crippen molar-refractivity contribution in [1.82, 2.24) is 14.9 Å². The second kappa shape index (κ2) is 9.79. The highest BCUT2D eigenvalue weighted by molar-refractivity contribution is 7.98. The average molecular weight is 388 g/mol. The fourth-order valence-corrected chi connectivity index (χ4v) is 3.87.